The fourth-order valence-electron chi connectivity index (χ4n) is 14.9. The molecule has 0 fully saturated rings. The van der Waals surface area contributed by atoms with E-state index in [0.29, 0.717) is 35.5 Å². The third kappa shape index (κ3) is 21.7. The molecule has 7 heterocycles. The number of nitrogens with zero attached hydrogens (tertiary/aromatic N) is 4. The minimum Gasteiger partial charge on any atom is -0.494 e. The first-order valence-electron chi connectivity index (χ1n) is 39.8. The lowest BCUT2D eigenvalue weighted by molar-refractivity contribution is -0.594. The number of hydrogen-bond donors (Lipinski definition) is 6. The first-order valence-corrected chi connectivity index (χ1v) is 39.8. The summed E-state index contributed by atoms with van der Waals surface area (Å²) >= 11 is 0. The molecule has 0 aliphatic carbocycles. The molecule has 0 unspecified atom stereocenters. The number of pyridine rings is 2. The molecular formula is C90H112B2N6O6+2. The van der Waals surface area contributed by atoms with Crippen LogP contribution < -0.4 is 29.5 Å². The Morgan fingerprint density at radius 3 is 0.817 bits per heavy atom. The predicted octanol–water partition coefficient (Wildman–Crippen LogP) is 20.5. The summed E-state index contributed by atoms with van der Waals surface area (Å²) in [6, 6.07) is 48.1. The van der Waals surface area contributed by atoms with Crippen LogP contribution in [0.5, 0.6) is 11.5 Å². The summed E-state index contributed by atoms with van der Waals surface area (Å²) in [5.74, 6) is 1.68. The highest BCUT2D eigenvalue weighted by atomic mass is 16.5. The second-order valence-corrected chi connectivity index (χ2v) is 28.7. The van der Waals surface area contributed by atoms with Crippen LogP contribution in [0.4, 0.5) is 0 Å². The molecule has 4 aromatic carbocycles. The monoisotopic (exact) mass is 1390 g/mol. The maximum atomic E-state index is 10.4. The standard InChI is InChI=1S/C90H111B2N6O6/c1-3-5-7-9-11-13-15-17-19-21-23-25-27-29-31-37-67-103-73-47-43-69(44-48-73)87-77-51-52-78(93-77)88(70-45-49-74(50-46-70)104-68-38-32-30-28-26-24-22-20-18-16-14-12-10-8-6-4-2)80-54-56-82(95-80)90(72-61-65-98(66-62-72)86-42-36-34-40-76(86)92(101)102)84-58-57-83(96-84)89(81-55-53-79(87)94-81)71-59-63-97(64-60-71)85-41-35-33-39-75(85)91(99)100/h33-36,39-66,99-102H,3-32,37-38,67-68H2,1-2H3,(H,93,94,95,96)/q+1/p+1. The number of hydrogen-bond acceptors (Lipinski definition) is 8. The summed E-state index contributed by atoms with van der Waals surface area (Å²) in [6.45, 7) is 5.93. The molecule has 5 aromatic heterocycles. The van der Waals surface area contributed by atoms with Gasteiger partial charge in [0.15, 0.2) is 24.8 Å². The Balaban J connectivity index is 0.895. The minimum atomic E-state index is -1.65. The van der Waals surface area contributed by atoms with Crippen LogP contribution in [-0.4, -0.2) is 67.5 Å². The van der Waals surface area contributed by atoms with Crippen molar-refractivity contribution < 1.29 is 38.7 Å². The van der Waals surface area contributed by atoms with E-state index in [0.717, 1.165) is 114 Å². The molecule has 542 valence electrons. The third-order valence-corrected chi connectivity index (χ3v) is 20.8. The van der Waals surface area contributed by atoms with E-state index in [1.165, 1.54) is 193 Å². The average Bonchev–Trinajstić information content (AvgIpc) is 1.60. The molecular weight excluding hydrogens is 1280 g/mol. The van der Waals surface area contributed by atoms with E-state index in [1.54, 1.807) is 24.3 Å². The van der Waals surface area contributed by atoms with E-state index in [2.05, 4.69) is 121 Å². The summed E-state index contributed by atoms with van der Waals surface area (Å²) in [5, 5.41) is 41.6. The summed E-state index contributed by atoms with van der Waals surface area (Å²) in [4.78, 5) is 19.0. The Labute approximate surface area is 619 Å². The van der Waals surface area contributed by atoms with Gasteiger partial charge in [0, 0.05) is 80.7 Å². The van der Waals surface area contributed by atoms with Gasteiger partial charge in [0.2, 0.25) is 11.4 Å². The molecule has 8 bridgehead atoms. The van der Waals surface area contributed by atoms with Gasteiger partial charge in [-0.05, 0) is 108 Å². The van der Waals surface area contributed by atoms with Crippen LogP contribution >= 0.6 is 0 Å². The zero-order chi connectivity index (χ0) is 71.9. The molecule has 0 radical (unpaired) electrons. The Morgan fingerprint density at radius 1 is 0.298 bits per heavy atom. The molecule has 0 spiro atoms. The highest BCUT2D eigenvalue weighted by Gasteiger charge is 2.26. The maximum Gasteiger partial charge on any atom is 0.495 e. The van der Waals surface area contributed by atoms with Gasteiger partial charge in [0.05, 0.1) is 46.9 Å². The molecule has 2 aliphatic rings. The Kier molecular flexibility index (Phi) is 30.3. The van der Waals surface area contributed by atoms with Gasteiger partial charge in [0.1, 0.15) is 11.5 Å². The summed E-state index contributed by atoms with van der Waals surface area (Å²) in [6.07, 6.45) is 58.8. The van der Waals surface area contributed by atoms with Crippen molar-refractivity contribution in [1.82, 2.24) is 19.9 Å². The van der Waals surface area contributed by atoms with Crippen LogP contribution in [0.15, 0.2) is 170 Å². The van der Waals surface area contributed by atoms with Crippen LogP contribution in [0.3, 0.4) is 0 Å². The van der Waals surface area contributed by atoms with Gasteiger partial charge in [-0.15, -0.1) is 0 Å². The number of fused-ring (bicyclic) bond motifs is 8. The van der Waals surface area contributed by atoms with Gasteiger partial charge < -0.3 is 39.5 Å². The minimum absolute atomic E-state index is 0.391. The van der Waals surface area contributed by atoms with E-state index in [-0.39, 0.29) is 0 Å². The topological polar surface area (TPSA) is 164 Å². The lowest BCUT2D eigenvalue weighted by atomic mass is 9.79. The molecule has 0 atom stereocenters. The lowest BCUT2D eigenvalue weighted by Gasteiger charge is -2.09. The third-order valence-electron chi connectivity index (χ3n) is 20.8. The largest absolute Gasteiger partial charge is 0.495 e. The van der Waals surface area contributed by atoms with Crippen molar-refractivity contribution in [3.8, 4) is 67.4 Å². The summed E-state index contributed by atoms with van der Waals surface area (Å²) in [7, 11) is -3.30. The van der Waals surface area contributed by atoms with Gasteiger partial charge in [-0.2, -0.15) is 9.13 Å². The Morgan fingerprint density at radius 2 is 0.548 bits per heavy atom. The number of rotatable bonds is 44. The smallest absolute Gasteiger partial charge is 0.494 e. The van der Waals surface area contributed by atoms with E-state index >= 15 is 0 Å². The molecule has 14 heteroatoms. The number of para-hydroxylation sites is 2. The van der Waals surface area contributed by atoms with Crippen LogP contribution in [0, 0.1) is 0 Å². The van der Waals surface area contributed by atoms with Crippen molar-refractivity contribution in [3.05, 3.63) is 193 Å². The fraction of sp³-hybridized carbons (Fsp3) is 0.400. The first kappa shape index (κ1) is 76.5. The molecule has 0 saturated carbocycles. The first-order chi connectivity index (χ1) is 51.2. The fourth-order valence-corrected chi connectivity index (χ4v) is 14.9. The normalized spacial score (nSPS) is 11.8. The van der Waals surface area contributed by atoms with E-state index in [4.69, 9.17) is 19.4 Å². The molecule has 0 amide bonds. The van der Waals surface area contributed by atoms with Crippen molar-refractivity contribution in [3.63, 3.8) is 0 Å². The average molecular weight is 1400 g/mol. The summed E-state index contributed by atoms with van der Waals surface area (Å²) in [5.41, 5.74) is 15.8. The van der Waals surface area contributed by atoms with E-state index < -0.39 is 14.2 Å². The predicted molar refractivity (Wildman–Crippen MR) is 433 cm³/mol. The molecule has 2 aliphatic heterocycles. The maximum absolute atomic E-state index is 10.4. The Hall–Kier alpha value is -8.65. The molecule has 9 aromatic rings. The number of benzene rings is 4. The molecule has 104 heavy (non-hydrogen) atoms. The van der Waals surface area contributed by atoms with Crippen molar-refractivity contribution >= 4 is 71.5 Å². The lowest BCUT2D eigenvalue weighted by Crippen LogP contribution is -2.42. The highest BCUT2D eigenvalue weighted by molar-refractivity contribution is 6.60. The molecule has 6 N–H and O–H groups in total. The van der Waals surface area contributed by atoms with Crippen molar-refractivity contribution in [1.29, 1.82) is 0 Å². The number of unbranched alkanes of at least 4 members (excludes halogenated alkanes) is 30. The van der Waals surface area contributed by atoms with Crippen LogP contribution in [0.2, 0.25) is 0 Å². The van der Waals surface area contributed by atoms with Crippen molar-refractivity contribution in [2.45, 2.75) is 219 Å². The van der Waals surface area contributed by atoms with E-state index in [9.17, 15) is 20.1 Å². The number of ether oxygens (including phenoxy) is 2. The second kappa shape index (κ2) is 41.2. The molecule has 0 saturated heterocycles. The number of aromatic amines is 2. The Bertz CT molecular complexity index is 4060. The number of nitrogens with one attached hydrogen (secondary N) is 2. The van der Waals surface area contributed by atoms with E-state index in [1.807, 2.05) is 82.5 Å². The van der Waals surface area contributed by atoms with Crippen LogP contribution in [0.25, 0.3) is 102 Å². The number of H-pyrrole nitrogens is 2. The van der Waals surface area contributed by atoms with Crippen LogP contribution in [0.1, 0.15) is 242 Å². The van der Waals surface area contributed by atoms with Gasteiger partial charge in [0.25, 0.3) is 0 Å². The van der Waals surface area contributed by atoms with Crippen molar-refractivity contribution in [2.75, 3.05) is 13.2 Å². The van der Waals surface area contributed by atoms with Gasteiger partial charge >= 0.3 is 14.2 Å². The highest BCUT2D eigenvalue weighted by Crippen LogP contribution is 2.39. The molecule has 12 nitrogen and oxygen atoms in total. The number of aromatic nitrogens is 6. The van der Waals surface area contributed by atoms with Gasteiger partial charge in [-0.25, -0.2) is 9.97 Å². The van der Waals surface area contributed by atoms with Crippen LogP contribution in [-0.2, 0) is 0 Å². The zero-order valence-electron chi connectivity index (χ0n) is 62.1. The van der Waals surface area contributed by atoms with Crippen molar-refractivity contribution in [2.24, 2.45) is 0 Å². The summed E-state index contributed by atoms with van der Waals surface area (Å²) < 4.78 is 16.7. The molecule has 11 rings (SSSR count). The van der Waals surface area contributed by atoms with Gasteiger partial charge in [-0.3, -0.25) is 0 Å². The second-order valence-electron chi connectivity index (χ2n) is 28.7. The van der Waals surface area contributed by atoms with Gasteiger partial charge in [-0.1, -0.05) is 267 Å². The zero-order valence-corrected chi connectivity index (χ0v) is 62.1. The SMILES string of the molecule is CCCCCCCCCCCCCCCCCCOc1ccc(-c2c3nc(c(-c4ccc(OCCCCCCCCCCCCCCCCCC)cc4)c4ccc([nH]4)c(-c4cc[n+](-c5ccccc5B(O)O)cc4)c4nc(c(-c5cc[n+](-c6ccccc6B(O)O)cc5)c5ccc2[nH]5)C=C4)C=C3)cc1. The quantitative estimate of drug-likeness (QED) is 0.0125.